The van der Waals surface area contributed by atoms with Crippen LogP contribution in [-0.2, 0) is 10.2 Å². The lowest BCUT2D eigenvalue weighted by Gasteiger charge is -2.21. The number of ether oxygens (including phenoxy) is 1. The molecule has 3 nitrogen and oxygen atoms in total. The zero-order valence-electron chi connectivity index (χ0n) is 11.4. The van der Waals surface area contributed by atoms with Crippen LogP contribution in [0.25, 0.3) is 0 Å². The molecule has 1 unspecified atom stereocenters. The molecular formula is C15H22N2O. The van der Waals surface area contributed by atoms with Gasteiger partial charge in [-0.1, -0.05) is 45.0 Å². The second-order valence-corrected chi connectivity index (χ2v) is 5.72. The van der Waals surface area contributed by atoms with Crippen LogP contribution in [0, 0.1) is 0 Å². The van der Waals surface area contributed by atoms with Crippen molar-refractivity contribution in [3.05, 3.63) is 47.2 Å². The molecule has 1 aromatic carbocycles. The van der Waals surface area contributed by atoms with Gasteiger partial charge < -0.3 is 4.74 Å². The first kappa shape index (κ1) is 13.1. The average molecular weight is 246 g/mol. The number of rotatable bonds is 3. The Morgan fingerprint density at radius 2 is 1.89 bits per heavy atom. The average Bonchev–Trinajstić information content (AvgIpc) is 2.83. The monoisotopic (exact) mass is 246 g/mol. The molecule has 0 spiro atoms. The van der Waals surface area contributed by atoms with Crippen LogP contribution in [0.4, 0.5) is 0 Å². The second kappa shape index (κ2) is 5.12. The van der Waals surface area contributed by atoms with Crippen LogP contribution in [0.1, 0.15) is 44.4 Å². The second-order valence-electron chi connectivity index (χ2n) is 5.72. The van der Waals surface area contributed by atoms with Crippen molar-refractivity contribution in [1.29, 1.82) is 0 Å². The summed E-state index contributed by atoms with van der Waals surface area (Å²) >= 11 is 0. The molecule has 1 aliphatic rings. The van der Waals surface area contributed by atoms with E-state index in [1.807, 2.05) is 0 Å². The van der Waals surface area contributed by atoms with Crippen LogP contribution in [-0.4, -0.2) is 6.61 Å². The molecule has 18 heavy (non-hydrogen) atoms. The summed E-state index contributed by atoms with van der Waals surface area (Å²) in [7, 11) is 0. The normalized spacial score (nSPS) is 17.2. The van der Waals surface area contributed by atoms with E-state index < -0.39 is 0 Å². The quantitative estimate of drug-likeness (QED) is 0.637. The zero-order valence-corrected chi connectivity index (χ0v) is 11.4. The first-order chi connectivity index (χ1) is 8.52. The molecule has 0 amide bonds. The summed E-state index contributed by atoms with van der Waals surface area (Å²) in [5.74, 6) is 6.57. The Kier molecular flexibility index (Phi) is 3.73. The van der Waals surface area contributed by atoms with Crippen molar-refractivity contribution in [1.82, 2.24) is 5.43 Å². The molecule has 1 heterocycles. The van der Waals surface area contributed by atoms with Gasteiger partial charge in [0.25, 0.3) is 0 Å². The molecule has 3 N–H and O–H groups in total. The molecule has 0 saturated heterocycles. The van der Waals surface area contributed by atoms with Gasteiger partial charge in [0.1, 0.15) is 11.8 Å². The number of benzene rings is 1. The lowest BCUT2D eigenvalue weighted by Crippen LogP contribution is -2.29. The number of hydrogen-bond donors (Lipinski definition) is 2. The Morgan fingerprint density at radius 3 is 2.33 bits per heavy atom. The topological polar surface area (TPSA) is 47.3 Å². The van der Waals surface area contributed by atoms with Gasteiger partial charge in [-0.15, -0.1) is 0 Å². The van der Waals surface area contributed by atoms with Crippen molar-refractivity contribution in [2.24, 2.45) is 5.84 Å². The fourth-order valence-corrected chi connectivity index (χ4v) is 2.16. The third kappa shape index (κ3) is 2.74. The zero-order chi connectivity index (χ0) is 13.2. The van der Waals surface area contributed by atoms with E-state index in [1.54, 1.807) is 0 Å². The van der Waals surface area contributed by atoms with E-state index in [-0.39, 0.29) is 11.5 Å². The van der Waals surface area contributed by atoms with Crippen LogP contribution in [0.3, 0.4) is 0 Å². The van der Waals surface area contributed by atoms with Crippen molar-refractivity contribution in [3.8, 4) is 0 Å². The van der Waals surface area contributed by atoms with E-state index in [1.165, 1.54) is 5.56 Å². The molecule has 2 rings (SSSR count). The Morgan fingerprint density at radius 1 is 1.22 bits per heavy atom. The fraction of sp³-hybridized carbons (Fsp3) is 0.467. The highest BCUT2D eigenvalue weighted by Gasteiger charge is 2.20. The molecule has 0 saturated carbocycles. The molecule has 0 aromatic heterocycles. The Balaban J connectivity index is 2.22. The molecule has 98 valence electrons. The van der Waals surface area contributed by atoms with Gasteiger partial charge in [0, 0.05) is 6.42 Å². The summed E-state index contributed by atoms with van der Waals surface area (Å²) < 4.78 is 5.58. The molecule has 0 fully saturated rings. The molecule has 0 bridgehead atoms. The van der Waals surface area contributed by atoms with Crippen molar-refractivity contribution in [2.75, 3.05) is 6.61 Å². The fourth-order valence-electron chi connectivity index (χ4n) is 2.16. The van der Waals surface area contributed by atoms with Crippen molar-refractivity contribution in [2.45, 2.75) is 38.6 Å². The maximum atomic E-state index is 5.64. The van der Waals surface area contributed by atoms with Crippen LogP contribution in [0.15, 0.2) is 36.1 Å². The van der Waals surface area contributed by atoms with Crippen LogP contribution in [0.5, 0.6) is 0 Å². The summed E-state index contributed by atoms with van der Waals surface area (Å²) in [4.78, 5) is 0. The third-order valence-corrected chi connectivity index (χ3v) is 3.29. The summed E-state index contributed by atoms with van der Waals surface area (Å²) in [5.41, 5.74) is 5.46. The van der Waals surface area contributed by atoms with Crippen LogP contribution in [0.2, 0.25) is 0 Å². The highest BCUT2D eigenvalue weighted by Crippen LogP contribution is 2.28. The molecule has 1 atom stereocenters. The van der Waals surface area contributed by atoms with Gasteiger partial charge in [0.15, 0.2) is 0 Å². The summed E-state index contributed by atoms with van der Waals surface area (Å²) in [6.45, 7) is 7.39. The minimum absolute atomic E-state index is 0.0403. The predicted octanol–water partition coefficient (Wildman–Crippen LogP) is 2.79. The number of nitrogens with two attached hydrogens (primary N) is 1. The van der Waals surface area contributed by atoms with E-state index in [4.69, 9.17) is 10.6 Å². The molecule has 3 heteroatoms. The third-order valence-electron chi connectivity index (χ3n) is 3.29. The van der Waals surface area contributed by atoms with Gasteiger partial charge in [-0.05, 0) is 22.6 Å². The molecule has 0 aliphatic carbocycles. The Labute approximate surface area is 109 Å². The van der Waals surface area contributed by atoms with E-state index in [9.17, 15) is 0 Å². The lowest BCUT2D eigenvalue weighted by molar-refractivity contribution is 0.215. The number of hydrogen-bond acceptors (Lipinski definition) is 3. The van der Waals surface area contributed by atoms with Crippen LogP contribution < -0.4 is 11.3 Å². The first-order valence-corrected chi connectivity index (χ1v) is 6.42. The van der Waals surface area contributed by atoms with Crippen LogP contribution >= 0.6 is 0 Å². The van der Waals surface area contributed by atoms with Gasteiger partial charge in [0.05, 0.1) is 6.61 Å². The standard InChI is InChI=1S/C15H22N2O/c1-15(2,3)12-8-6-11(7-9-12)14(17-16)13-5-4-10-18-13/h5-9,14,17H,4,10,16H2,1-3H3. The maximum Gasteiger partial charge on any atom is 0.115 e. The van der Waals surface area contributed by atoms with Crippen molar-refractivity contribution in [3.63, 3.8) is 0 Å². The smallest absolute Gasteiger partial charge is 0.115 e. The molecule has 0 radical (unpaired) electrons. The maximum absolute atomic E-state index is 5.64. The number of hydrazine groups is 1. The Hall–Kier alpha value is -1.32. The van der Waals surface area contributed by atoms with Crippen molar-refractivity contribution < 1.29 is 4.74 Å². The minimum Gasteiger partial charge on any atom is -0.496 e. The highest BCUT2D eigenvalue weighted by molar-refractivity contribution is 5.32. The Bertz CT molecular complexity index is 429. The predicted molar refractivity (Wildman–Crippen MR) is 73.9 cm³/mol. The first-order valence-electron chi connectivity index (χ1n) is 6.42. The van der Waals surface area contributed by atoms with Crippen molar-refractivity contribution >= 4 is 0 Å². The van der Waals surface area contributed by atoms with Gasteiger partial charge in [-0.3, -0.25) is 5.84 Å². The van der Waals surface area contributed by atoms with E-state index in [0.29, 0.717) is 0 Å². The van der Waals surface area contributed by atoms with E-state index in [0.717, 1.165) is 24.4 Å². The highest BCUT2D eigenvalue weighted by atomic mass is 16.5. The summed E-state index contributed by atoms with van der Waals surface area (Å²) in [5, 5.41) is 0. The SMILES string of the molecule is CC(C)(C)c1ccc(C(NN)C2=CCCO2)cc1. The van der Waals surface area contributed by atoms with E-state index in [2.05, 4.69) is 56.5 Å². The lowest BCUT2D eigenvalue weighted by atomic mass is 9.86. The van der Waals surface area contributed by atoms with Gasteiger partial charge in [0.2, 0.25) is 0 Å². The number of nitrogens with one attached hydrogen (secondary N) is 1. The van der Waals surface area contributed by atoms with E-state index >= 15 is 0 Å². The molecular weight excluding hydrogens is 224 g/mol. The summed E-state index contributed by atoms with van der Waals surface area (Å²) in [6.07, 6.45) is 3.07. The van der Waals surface area contributed by atoms with Gasteiger partial charge >= 0.3 is 0 Å². The largest absolute Gasteiger partial charge is 0.496 e. The molecule has 1 aromatic rings. The molecule has 1 aliphatic heterocycles. The van der Waals surface area contributed by atoms with Gasteiger partial charge in [-0.2, -0.15) is 0 Å². The van der Waals surface area contributed by atoms with Gasteiger partial charge in [-0.25, -0.2) is 5.43 Å². The summed E-state index contributed by atoms with van der Waals surface area (Å²) in [6, 6.07) is 8.52. The minimum atomic E-state index is -0.0403.